The molecule has 0 spiro atoms. The van der Waals surface area contributed by atoms with E-state index in [9.17, 15) is 43.2 Å². The van der Waals surface area contributed by atoms with Gasteiger partial charge in [0, 0.05) is 12.8 Å². The molecule has 0 saturated carbocycles. The quantitative estimate of drug-likeness (QED) is 0.0169. The van der Waals surface area contributed by atoms with Crippen LogP contribution < -0.4 is 0 Å². The van der Waals surface area contributed by atoms with E-state index in [0.29, 0.717) is 25.7 Å². The molecule has 0 aliphatic rings. The average molecular weight is 1490 g/mol. The second-order valence-electron chi connectivity index (χ2n) is 25.2. The van der Waals surface area contributed by atoms with Gasteiger partial charge in [-0.25, -0.2) is 9.13 Å². The van der Waals surface area contributed by atoms with Crippen LogP contribution in [0.5, 0.6) is 0 Å². The molecule has 0 aromatic carbocycles. The Morgan fingerprint density at radius 2 is 0.548 bits per heavy atom. The van der Waals surface area contributed by atoms with Gasteiger partial charge in [-0.15, -0.1) is 0 Å². The molecule has 5 atom stereocenters. The van der Waals surface area contributed by atoms with Crippen molar-refractivity contribution in [3.63, 3.8) is 0 Å². The van der Waals surface area contributed by atoms with E-state index in [-0.39, 0.29) is 25.7 Å². The topological polar surface area (TPSA) is 237 Å². The molecule has 0 rings (SSSR count). The minimum Gasteiger partial charge on any atom is -0.462 e. The third kappa shape index (κ3) is 74.4. The maximum absolute atomic E-state index is 13.1. The summed E-state index contributed by atoms with van der Waals surface area (Å²) in [5, 5.41) is 10.6. The number of phosphoric ester groups is 2. The van der Waals surface area contributed by atoms with Crippen LogP contribution in [0.25, 0.3) is 0 Å². The molecule has 19 heteroatoms. The van der Waals surface area contributed by atoms with Crippen LogP contribution in [0.4, 0.5) is 0 Å². The highest BCUT2D eigenvalue weighted by Crippen LogP contribution is 2.45. The minimum atomic E-state index is -5.03. The molecular weight excluding hydrogens is 1350 g/mol. The fourth-order valence-electron chi connectivity index (χ4n) is 9.52. The van der Waals surface area contributed by atoms with Crippen LogP contribution >= 0.6 is 15.6 Å². The fraction of sp³-hybridized carbons (Fsp3) is 0.600. The van der Waals surface area contributed by atoms with Crippen molar-refractivity contribution in [3.05, 3.63) is 182 Å². The van der Waals surface area contributed by atoms with Crippen molar-refractivity contribution in [2.75, 3.05) is 39.6 Å². The van der Waals surface area contributed by atoms with Crippen molar-refractivity contribution in [2.24, 2.45) is 0 Å². The van der Waals surface area contributed by atoms with Crippen LogP contribution in [0.15, 0.2) is 182 Å². The van der Waals surface area contributed by atoms with Gasteiger partial charge in [0.25, 0.3) is 0 Å². The van der Waals surface area contributed by atoms with Gasteiger partial charge in [-0.05, 0) is 148 Å². The fourth-order valence-corrected chi connectivity index (χ4v) is 11.1. The molecule has 588 valence electrons. The molecule has 0 heterocycles. The first-order valence-corrected chi connectivity index (χ1v) is 42.0. The number of hydrogen-bond donors (Lipinski definition) is 3. The van der Waals surface area contributed by atoms with E-state index in [0.717, 1.165) is 154 Å². The highest BCUT2D eigenvalue weighted by atomic mass is 31.2. The Bertz CT molecular complexity index is 2690. The Hall–Kier alpha value is -5.84. The zero-order chi connectivity index (χ0) is 76.0. The Morgan fingerprint density at radius 3 is 0.894 bits per heavy atom. The molecule has 0 aliphatic carbocycles. The Balaban J connectivity index is 5.52. The van der Waals surface area contributed by atoms with E-state index < -0.39 is 97.5 Å². The Labute approximate surface area is 628 Å². The van der Waals surface area contributed by atoms with Gasteiger partial charge in [-0.1, -0.05) is 281 Å². The number of allylic oxidation sites excluding steroid dienone is 28. The molecule has 0 aliphatic heterocycles. The number of hydrogen-bond acceptors (Lipinski definition) is 15. The van der Waals surface area contributed by atoms with Crippen molar-refractivity contribution < 1.29 is 80.2 Å². The van der Waals surface area contributed by atoms with Crippen LogP contribution in [0.2, 0.25) is 0 Å². The summed E-state index contributed by atoms with van der Waals surface area (Å²) in [6.45, 7) is 4.30. The molecule has 104 heavy (non-hydrogen) atoms. The first-order chi connectivity index (χ1) is 50.7. The molecule has 3 N–H and O–H groups in total. The van der Waals surface area contributed by atoms with E-state index in [4.69, 9.17) is 37.0 Å². The van der Waals surface area contributed by atoms with Crippen LogP contribution in [-0.2, 0) is 65.4 Å². The van der Waals surface area contributed by atoms with Crippen molar-refractivity contribution in [1.82, 2.24) is 0 Å². The summed E-state index contributed by atoms with van der Waals surface area (Å²) in [6, 6.07) is 0. The van der Waals surface area contributed by atoms with Crippen LogP contribution in [-0.4, -0.2) is 96.7 Å². The number of phosphoric acid groups is 2. The monoisotopic (exact) mass is 1490 g/mol. The second kappa shape index (κ2) is 75.4. The number of unbranched alkanes of at least 4 members (excludes halogenated alkanes) is 17. The normalized spacial score (nSPS) is 14.9. The molecule has 0 bridgehead atoms. The predicted octanol–water partition coefficient (Wildman–Crippen LogP) is 22.8. The minimum absolute atomic E-state index is 0.0648. The van der Waals surface area contributed by atoms with E-state index in [1.807, 2.05) is 30.4 Å². The van der Waals surface area contributed by atoms with E-state index in [1.165, 1.54) is 38.5 Å². The molecule has 17 nitrogen and oxygen atoms in total. The molecule has 0 aromatic heterocycles. The van der Waals surface area contributed by atoms with Crippen molar-refractivity contribution in [2.45, 2.75) is 290 Å². The highest BCUT2D eigenvalue weighted by molar-refractivity contribution is 7.47. The van der Waals surface area contributed by atoms with Gasteiger partial charge in [-0.2, -0.15) is 0 Å². The number of carbonyl (C=O) groups is 4. The van der Waals surface area contributed by atoms with Gasteiger partial charge >= 0.3 is 39.5 Å². The zero-order valence-electron chi connectivity index (χ0n) is 64.1. The highest BCUT2D eigenvalue weighted by Gasteiger charge is 2.30. The maximum Gasteiger partial charge on any atom is 0.472 e. The van der Waals surface area contributed by atoms with E-state index >= 15 is 0 Å². The lowest BCUT2D eigenvalue weighted by molar-refractivity contribution is -0.161. The standard InChI is InChI=1S/C85H136O17P2/c1-5-9-13-17-21-25-29-33-37-38-39-40-44-46-50-54-58-62-66-70-83(88)96-76-81(102-85(90)72-68-64-60-56-52-48-43-36-32-28-24-20-16-12-8-4)78-100-104(93,94)98-74-79(86)73-97-103(91,92)99-77-80(101-84(89)71-67-63-59-55-51-47-42-35-31-27-23-19-15-11-7-3)75-95-82(87)69-65-61-57-53-49-45-41-34-30-26-22-18-14-10-6-2/h10-11,14-15,21-28,33-37,39-43,49,51,53,55,61,63,65,67,79-81,86H,5-9,12-13,16-20,29-32,38,44-48,50,52,54,56-60,62,64,66,68-78H2,1-4H3,(H,91,92)(H,93,94)/b14-10-,15-11-,25-21-,26-22-,27-23-,28-24-,37-33-,40-39-,41-34-,42-35-,43-36-,53-49-,55-51-,65-61-,67-63-. The third-order valence-corrected chi connectivity index (χ3v) is 17.3. The maximum atomic E-state index is 13.1. The average Bonchev–Trinajstić information content (AvgIpc) is 0.912. The van der Waals surface area contributed by atoms with Gasteiger partial charge in [0.2, 0.25) is 0 Å². The molecule has 0 saturated heterocycles. The number of esters is 4. The van der Waals surface area contributed by atoms with Gasteiger partial charge in [0.15, 0.2) is 12.2 Å². The van der Waals surface area contributed by atoms with Crippen LogP contribution in [0.1, 0.15) is 272 Å². The summed E-state index contributed by atoms with van der Waals surface area (Å²) < 4.78 is 68.2. The van der Waals surface area contributed by atoms with E-state index in [2.05, 4.69) is 161 Å². The first-order valence-electron chi connectivity index (χ1n) is 39.0. The number of carbonyl (C=O) groups excluding carboxylic acids is 4. The Morgan fingerprint density at radius 1 is 0.288 bits per heavy atom. The molecule has 0 radical (unpaired) electrons. The van der Waals surface area contributed by atoms with Crippen molar-refractivity contribution in [3.8, 4) is 0 Å². The number of aliphatic hydroxyl groups is 1. The Kier molecular flexibility index (Phi) is 71.2. The first kappa shape index (κ1) is 98.2. The predicted molar refractivity (Wildman–Crippen MR) is 426 cm³/mol. The van der Waals surface area contributed by atoms with Gasteiger partial charge in [0.05, 0.1) is 39.3 Å². The zero-order valence-corrected chi connectivity index (χ0v) is 65.9. The summed E-state index contributed by atoms with van der Waals surface area (Å²) in [5.74, 6) is -2.52. The number of rotatable bonds is 71. The lowest BCUT2D eigenvalue weighted by atomic mass is 10.1. The van der Waals surface area contributed by atoms with E-state index in [1.54, 1.807) is 18.2 Å². The summed E-state index contributed by atoms with van der Waals surface area (Å²) in [4.78, 5) is 72.8. The number of ether oxygens (including phenoxy) is 4. The third-order valence-electron chi connectivity index (χ3n) is 15.4. The second-order valence-corrected chi connectivity index (χ2v) is 28.1. The molecule has 5 unspecified atom stereocenters. The lowest BCUT2D eigenvalue weighted by Gasteiger charge is -2.21. The molecule has 0 aromatic rings. The summed E-state index contributed by atoms with van der Waals surface area (Å²) >= 11 is 0. The molecule has 0 fully saturated rings. The van der Waals surface area contributed by atoms with Crippen LogP contribution in [0, 0.1) is 0 Å². The number of aliphatic hydroxyl groups excluding tert-OH is 1. The largest absolute Gasteiger partial charge is 0.472 e. The summed E-state index contributed by atoms with van der Waals surface area (Å²) in [7, 11) is -10.0. The summed E-state index contributed by atoms with van der Waals surface area (Å²) in [5.41, 5.74) is 0. The molecular formula is C85H136O17P2. The van der Waals surface area contributed by atoms with Crippen molar-refractivity contribution >= 4 is 39.5 Å². The lowest BCUT2D eigenvalue weighted by Crippen LogP contribution is -2.30. The van der Waals surface area contributed by atoms with Gasteiger partial charge < -0.3 is 33.8 Å². The molecule has 0 amide bonds. The smallest absolute Gasteiger partial charge is 0.462 e. The van der Waals surface area contributed by atoms with Crippen molar-refractivity contribution in [1.29, 1.82) is 0 Å². The SMILES string of the molecule is CC/C=C\C/C=C\C/C=C\C/C=C\C/C=C\CC(=O)OCC(COP(=O)(O)OCC(O)COP(=O)(O)OCC(COC(=O)CCCCCCCC/C=C\C/C=C\C/C=C\CCCCC)OC(=O)CCCCCCC/C=C\C/C=C\CCCCC)OC(=O)C/C=C\C/C=C\C/C=C\C/C=C\C/C=C\CC. The van der Waals surface area contributed by atoms with Gasteiger partial charge in [0.1, 0.15) is 19.3 Å². The summed E-state index contributed by atoms with van der Waals surface area (Å²) in [6.07, 6.45) is 90.8. The van der Waals surface area contributed by atoms with Crippen LogP contribution in [0.3, 0.4) is 0 Å². The van der Waals surface area contributed by atoms with Gasteiger partial charge in [-0.3, -0.25) is 37.3 Å².